The minimum absolute atomic E-state index is 0.00568. The van der Waals surface area contributed by atoms with Gasteiger partial charge in [0.15, 0.2) is 5.82 Å². The van der Waals surface area contributed by atoms with Crippen molar-refractivity contribution in [1.82, 2.24) is 20.0 Å². The van der Waals surface area contributed by atoms with Crippen LogP contribution < -0.4 is 18.9 Å². The van der Waals surface area contributed by atoms with Crippen molar-refractivity contribution in [2.45, 2.75) is 11.8 Å². The molecule has 0 aliphatic carbocycles. The minimum atomic E-state index is -3.88. The van der Waals surface area contributed by atoms with Crippen molar-refractivity contribution in [1.29, 1.82) is 0 Å². The number of aryl methyl sites for hydroxylation is 1. The summed E-state index contributed by atoms with van der Waals surface area (Å²) in [6.45, 7) is 1.89. The highest BCUT2D eigenvalue weighted by Crippen LogP contribution is 2.30. The van der Waals surface area contributed by atoms with Gasteiger partial charge in [0, 0.05) is 24.0 Å². The van der Waals surface area contributed by atoms with Gasteiger partial charge in [0.2, 0.25) is 5.88 Å². The Kier molecular flexibility index (Phi) is 6.13. The number of hydrogen-bond donors (Lipinski definition) is 1. The number of anilines is 1. The van der Waals surface area contributed by atoms with E-state index in [0.717, 1.165) is 5.69 Å². The number of ether oxygens (including phenoxy) is 3. The zero-order chi connectivity index (χ0) is 23.4. The van der Waals surface area contributed by atoms with Crippen molar-refractivity contribution in [3.05, 3.63) is 72.6 Å². The molecule has 0 radical (unpaired) electrons. The van der Waals surface area contributed by atoms with E-state index in [9.17, 15) is 8.42 Å². The number of nitrogens with one attached hydrogen (secondary N) is 1. The van der Waals surface area contributed by atoms with Crippen LogP contribution in [0.15, 0.2) is 71.8 Å². The van der Waals surface area contributed by atoms with Crippen molar-refractivity contribution in [2.75, 3.05) is 18.9 Å². The topological polar surface area (TPSA) is 117 Å². The molecule has 0 atom stereocenters. The molecule has 2 aromatic heterocycles. The molecule has 2 heterocycles. The van der Waals surface area contributed by atoms with Crippen molar-refractivity contribution < 1.29 is 22.6 Å². The number of sulfonamides is 1. The lowest BCUT2D eigenvalue weighted by Crippen LogP contribution is -2.14. The lowest BCUT2D eigenvalue weighted by Gasteiger charge is -2.13. The molecule has 0 bridgehead atoms. The van der Waals surface area contributed by atoms with Crippen LogP contribution in [0.25, 0.3) is 5.82 Å². The fourth-order valence-corrected chi connectivity index (χ4v) is 4.16. The normalized spacial score (nSPS) is 11.1. The average Bonchev–Trinajstić information content (AvgIpc) is 3.26. The summed E-state index contributed by atoms with van der Waals surface area (Å²) in [5.41, 5.74) is 1.23. The fraction of sp³-hybridized carbons (Fsp3) is 0.136. The summed E-state index contributed by atoms with van der Waals surface area (Å²) in [6, 6.07) is 16.2. The predicted octanol–water partition coefficient (Wildman–Crippen LogP) is 3.58. The van der Waals surface area contributed by atoms with Gasteiger partial charge in [-0.05, 0) is 55.5 Å². The third-order valence-electron chi connectivity index (χ3n) is 4.57. The van der Waals surface area contributed by atoms with Crippen LogP contribution in [0.4, 0.5) is 5.69 Å². The minimum Gasteiger partial charge on any atom is -0.497 e. The smallest absolute Gasteiger partial charge is 0.265 e. The molecule has 0 saturated heterocycles. The summed E-state index contributed by atoms with van der Waals surface area (Å²) in [7, 11) is -0.999. The van der Waals surface area contributed by atoms with Crippen molar-refractivity contribution in [3.8, 4) is 28.9 Å². The zero-order valence-corrected chi connectivity index (χ0v) is 18.9. The Morgan fingerprint density at radius 1 is 0.879 bits per heavy atom. The highest BCUT2D eigenvalue weighted by Gasteiger charge is 2.20. The molecule has 170 valence electrons. The predicted molar refractivity (Wildman–Crippen MR) is 121 cm³/mol. The first-order valence-corrected chi connectivity index (χ1v) is 11.3. The van der Waals surface area contributed by atoms with Crippen LogP contribution in [0.2, 0.25) is 0 Å². The van der Waals surface area contributed by atoms with Crippen molar-refractivity contribution in [2.24, 2.45) is 0 Å². The molecule has 1 N–H and O–H groups in total. The van der Waals surface area contributed by atoms with E-state index in [-0.39, 0.29) is 10.6 Å². The van der Waals surface area contributed by atoms with Gasteiger partial charge in [-0.25, -0.2) is 13.1 Å². The molecule has 0 amide bonds. The number of hydrogen-bond acceptors (Lipinski definition) is 8. The summed E-state index contributed by atoms with van der Waals surface area (Å²) in [5.74, 6) is 1.99. The van der Waals surface area contributed by atoms with E-state index in [4.69, 9.17) is 14.2 Å². The van der Waals surface area contributed by atoms with Crippen molar-refractivity contribution >= 4 is 15.7 Å². The van der Waals surface area contributed by atoms with E-state index in [1.807, 2.05) is 13.0 Å². The van der Waals surface area contributed by atoms with E-state index in [1.165, 1.54) is 26.4 Å². The molecule has 0 spiro atoms. The number of nitrogens with zero attached hydrogens (tertiary/aromatic N) is 4. The Morgan fingerprint density at radius 2 is 1.64 bits per heavy atom. The molecule has 0 saturated carbocycles. The SMILES string of the molecule is COc1ccc(S(=O)(=O)Nc2ccc(Oc3ccc(-n4ccc(C)n4)nn3)cc2)c(OC)c1. The maximum absolute atomic E-state index is 12.8. The Bertz CT molecular complexity index is 1350. The molecule has 11 heteroatoms. The first kappa shape index (κ1) is 22.1. The maximum atomic E-state index is 12.8. The fourth-order valence-electron chi connectivity index (χ4n) is 2.95. The van der Waals surface area contributed by atoms with Gasteiger partial charge in [0.1, 0.15) is 22.1 Å². The Morgan fingerprint density at radius 3 is 2.24 bits per heavy atom. The van der Waals surface area contributed by atoms with Gasteiger partial charge in [-0.15, -0.1) is 10.2 Å². The number of rotatable bonds is 8. The first-order chi connectivity index (χ1) is 15.9. The zero-order valence-electron chi connectivity index (χ0n) is 18.1. The Labute approximate surface area is 190 Å². The Balaban J connectivity index is 1.45. The molecule has 33 heavy (non-hydrogen) atoms. The van der Waals surface area contributed by atoms with Gasteiger partial charge in [0.25, 0.3) is 10.0 Å². The van der Waals surface area contributed by atoms with E-state index >= 15 is 0 Å². The lowest BCUT2D eigenvalue weighted by molar-refractivity contribution is 0.386. The largest absolute Gasteiger partial charge is 0.497 e. The second kappa shape index (κ2) is 9.17. The number of methoxy groups -OCH3 is 2. The molecule has 0 unspecified atom stereocenters. The molecule has 0 aliphatic heterocycles. The van der Waals surface area contributed by atoms with Crippen LogP contribution in [0.3, 0.4) is 0 Å². The third kappa shape index (κ3) is 5.04. The summed E-state index contributed by atoms with van der Waals surface area (Å²) in [6.07, 6.45) is 1.79. The third-order valence-corrected chi connectivity index (χ3v) is 5.99. The average molecular weight is 468 g/mol. The summed E-state index contributed by atoms with van der Waals surface area (Å²) in [5, 5.41) is 12.4. The first-order valence-electron chi connectivity index (χ1n) is 9.77. The van der Waals surface area contributed by atoms with Crippen LogP contribution in [-0.4, -0.2) is 42.6 Å². The van der Waals surface area contributed by atoms with Crippen LogP contribution >= 0.6 is 0 Å². The molecule has 4 aromatic rings. The quantitative estimate of drug-likeness (QED) is 0.418. The van der Waals surface area contributed by atoms with Crippen LogP contribution in [0, 0.1) is 6.92 Å². The van der Waals surface area contributed by atoms with Crippen LogP contribution in [-0.2, 0) is 10.0 Å². The molecule has 0 aliphatic rings. The van der Waals surface area contributed by atoms with Gasteiger partial charge in [-0.3, -0.25) is 4.72 Å². The second-order valence-corrected chi connectivity index (χ2v) is 8.53. The number of aromatic nitrogens is 4. The highest BCUT2D eigenvalue weighted by atomic mass is 32.2. The molecular weight excluding hydrogens is 446 g/mol. The lowest BCUT2D eigenvalue weighted by atomic mass is 10.3. The maximum Gasteiger partial charge on any atom is 0.265 e. The molecular formula is C22H21N5O5S. The van der Waals surface area contributed by atoms with Crippen molar-refractivity contribution in [3.63, 3.8) is 0 Å². The van der Waals surface area contributed by atoms with Gasteiger partial charge >= 0.3 is 0 Å². The standard InChI is InChI=1S/C22H21N5O5S/c1-15-12-13-27(25-15)21-10-11-22(24-23-21)32-17-6-4-16(5-7-17)26-33(28,29)20-9-8-18(30-2)14-19(20)31-3/h4-14,26H,1-3H3. The van der Waals surface area contributed by atoms with Crippen LogP contribution in [0.1, 0.15) is 5.69 Å². The van der Waals surface area contributed by atoms with Gasteiger partial charge < -0.3 is 14.2 Å². The van der Waals surface area contributed by atoms with Gasteiger partial charge in [-0.2, -0.15) is 5.10 Å². The Hall–Kier alpha value is -4.12. The highest BCUT2D eigenvalue weighted by molar-refractivity contribution is 7.92. The van der Waals surface area contributed by atoms with E-state index in [2.05, 4.69) is 20.0 Å². The number of benzene rings is 2. The second-order valence-electron chi connectivity index (χ2n) is 6.88. The van der Waals surface area contributed by atoms with Crippen LogP contribution in [0.5, 0.6) is 23.1 Å². The molecule has 2 aromatic carbocycles. The molecule has 0 fully saturated rings. The summed E-state index contributed by atoms with van der Waals surface area (Å²) >= 11 is 0. The van der Waals surface area contributed by atoms with E-state index in [1.54, 1.807) is 53.3 Å². The molecule has 10 nitrogen and oxygen atoms in total. The summed E-state index contributed by atoms with van der Waals surface area (Å²) < 4.78 is 45.8. The molecule has 4 rings (SSSR count). The van der Waals surface area contributed by atoms with E-state index < -0.39 is 10.0 Å². The van der Waals surface area contributed by atoms with E-state index in [0.29, 0.717) is 28.9 Å². The van der Waals surface area contributed by atoms with Gasteiger partial charge in [-0.1, -0.05) is 0 Å². The monoisotopic (exact) mass is 467 g/mol. The summed E-state index contributed by atoms with van der Waals surface area (Å²) in [4.78, 5) is -0.00568. The van der Waals surface area contributed by atoms with Gasteiger partial charge in [0.05, 0.1) is 19.9 Å².